The highest BCUT2D eigenvalue weighted by Gasteiger charge is 2.32. The maximum Gasteiger partial charge on any atom is 0.282 e. The number of carbonyl (C=O) groups is 1. The lowest BCUT2D eigenvalue weighted by Crippen LogP contribution is -2.21. The third-order valence-electron chi connectivity index (χ3n) is 4.54. The number of aromatic nitrogens is 1. The van der Waals surface area contributed by atoms with E-state index in [-0.39, 0.29) is 23.6 Å². The van der Waals surface area contributed by atoms with Crippen molar-refractivity contribution < 1.29 is 19.2 Å². The van der Waals surface area contributed by atoms with Gasteiger partial charge in [0.25, 0.3) is 11.6 Å². The Morgan fingerprint density at radius 1 is 1.24 bits per heavy atom. The predicted molar refractivity (Wildman–Crippen MR) is 107 cm³/mol. The van der Waals surface area contributed by atoms with Crippen molar-refractivity contribution in [2.75, 3.05) is 11.8 Å². The van der Waals surface area contributed by atoms with E-state index in [0.29, 0.717) is 22.3 Å². The molecular weight excluding hydrogens is 396 g/mol. The van der Waals surface area contributed by atoms with Gasteiger partial charge < -0.3 is 9.47 Å². The molecule has 0 unspecified atom stereocenters. The van der Waals surface area contributed by atoms with Gasteiger partial charge in [-0.2, -0.15) is 10.1 Å². The SMILES string of the molecule is CC1=NN(c2nc3ccccc3s2)C(=O)/C1=C/c1cc2c(cc1[N+](=O)[O-])OCO2. The molecule has 2 aromatic carbocycles. The van der Waals surface area contributed by atoms with E-state index in [1.807, 2.05) is 24.3 Å². The molecular formula is C19H12N4O5S. The van der Waals surface area contributed by atoms with Crippen molar-refractivity contribution in [2.24, 2.45) is 5.10 Å². The zero-order valence-electron chi connectivity index (χ0n) is 15.0. The number of hydrogen-bond donors (Lipinski definition) is 0. The first-order valence-electron chi connectivity index (χ1n) is 8.56. The summed E-state index contributed by atoms with van der Waals surface area (Å²) in [6.07, 6.45) is 1.45. The van der Waals surface area contributed by atoms with E-state index in [1.54, 1.807) is 6.92 Å². The van der Waals surface area contributed by atoms with Crippen LogP contribution in [0, 0.1) is 10.1 Å². The first kappa shape index (κ1) is 17.3. The van der Waals surface area contributed by atoms with Crippen molar-refractivity contribution in [1.29, 1.82) is 0 Å². The van der Waals surface area contributed by atoms with Crippen LogP contribution in [0.1, 0.15) is 12.5 Å². The molecule has 5 rings (SSSR count). The van der Waals surface area contributed by atoms with Gasteiger partial charge >= 0.3 is 0 Å². The van der Waals surface area contributed by atoms with E-state index in [9.17, 15) is 14.9 Å². The number of fused-ring (bicyclic) bond motifs is 2. The Bertz CT molecular complexity index is 1230. The lowest BCUT2D eigenvalue weighted by molar-refractivity contribution is -0.385. The van der Waals surface area contributed by atoms with Gasteiger partial charge in [-0.1, -0.05) is 23.5 Å². The predicted octanol–water partition coefficient (Wildman–Crippen LogP) is 3.74. The number of carbonyl (C=O) groups excluding carboxylic acids is 1. The summed E-state index contributed by atoms with van der Waals surface area (Å²) >= 11 is 1.35. The van der Waals surface area contributed by atoms with Gasteiger partial charge in [0.05, 0.1) is 38.1 Å². The number of thiazole rings is 1. The standard InChI is InChI=1S/C19H12N4O5S/c1-10-12(6-11-7-15-16(28-9-27-15)8-14(11)23(25)26)18(24)22(21-10)19-20-13-4-2-3-5-17(13)29-19/h2-8H,9H2,1H3/b12-6+. The van der Waals surface area contributed by atoms with Crippen molar-refractivity contribution in [3.63, 3.8) is 0 Å². The second-order valence-corrected chi connectivity index (χ2v) is 7.36. The Morgan fingerprint density at radius 3 is 2.76 bits per heavy atom. The number of amides is 1. The maximum atomic E-state index is 13.0. The highest BCUT2D eigenvalue weighted by molar-refractivity contribution is 7.22. The number of para-hydroxylation sites is 1. The summed E-state index contributed by atoms with van der Waals surface area (Å²) in [7, 11) is 0. The molecule has 2 aliphatic rings. The van der Waals surface area contributed by atoms with Gasteiger partial charge in [-0.3, -0.25) is 14.9 Å². The van der Waals surface area contributed by atoms with Crippen LogP contribution in [-0.2, 0) is 4.79 Å². The maximum absolute atomic E-state index is 13.0. The molecule has 0 bridgehead atoms. The number of rotatable bonds is 3. The Balaban J connectivity index is 1.56. The molecule has 1 aromatic heterocycles. The molecule has 0 fully saturated rings. The number of ether oxygens (including phenoxy) is 2. The van der Waals surface area contributed by atoms with E-state index in [2.05, 4.69) is 10.1 Å². The fourth-order valence-electron chi connectivity index (χ4n) is 3.14. The first-order chi connectivity index (χ1) is 14.0. The Hall–Kier alpha value is -3.79. The van der Waals surface area contributed by atoms with E-state index in [0.717, 1.165) is 10.2 Å². The largest absolute Gasteiger partial charge is 0.454 e. The molecule has 0 aliphatic carbocycles. The van der Waals surface area contributed by atoms with E-state index < -0.39 is 10.8 Å². The molecule has 0 N–H and O–H groups in total. The third-order valence-corrected chi connectivity index (χ3v) is 5.56. The number of nitro groups is 1. The Kier molecular flexibility index (Phi) is 3.81. The van der Waals surface area contributed by atoms with Gasteiger partial charge in [0, 0.05) is 0 Å². The van der Waals surface area contributed by atoms with Crippen LogP contribution in [0.15, 0.2) is 47.1 Å². The highest BCUT2D eigenvalue weighted by atomic mass is 32.1. The lowest BCUT2D eigenvalue weighted by Gasteiger charge is -2.06. The van der Waals surface area contributed by atoms with Crippen LogP contribution in [0.25, 0.3) is 16.3 Å². The van der Waals surface area contributed by atoms with E-state index in [4.69, 9.17) is 9.47 Å². The second kappa shape index (κ2) is 6.38. The van der Waals surface area contributed by atoms with Crippen molar-refractivity contribution in [3.05, 3.63) is 57.6 Å². The minimum Gasteiger partial charge on any atom is -0.454 e. The van der Waals surface area contributed by atoms with Crippen molar-refractivity contribution in [3.8, 4) is 11.5 Å². The first-order valence-corrected chi connectivity index (χ1v) is 9.38. The molecule has 144 valence electrons. The molecule has 2 aliphatic heterocycles. The van der Waals surface area contributed by atoms with Crippen molar-refractivity contribution in [1.82, 2.24) is 4.98 Å². The summed E-state index contributed by atoms with van der Waals surface area (Å²) in [4.78, 5) is 28.4. The topological polar surface area (TPSA) is 107 Å². The summed E-state index contributed by atoms with van der Waals surface area (Å²) in [5, 5.41) is 17.5. The normalized spacial score (nSPS) is 16.7. The number of hydrogen-bond acceptors (Lipinski definition) is 8. The van der Waals surface area contributed by atoms with Crippen LogP contribution in [0.3, 0.4) is 0 Å². The molecule has 0 saturated carbocycles. The molecule has 3 heterocycles. The molecule has 29 heavy (non-hydrogen) atoms. The zero-order chi connectivity index (χ0) is 20.1. The van der Waals surface area contributed by atoms with Gasteiger partial charge in [-0.05, 0) is 31.2 Å². The third kappa shape index (κ3) is 2.81. The average molecular weight is 408 g/mol. The number of hydrazone groups is 1. The summed E-state index contributed by atoms with van der Waals surface area (Å²) < 4.78 is 11.5. The van der Waals surface area contributed by atoms with Crippen LogP contribution >= 0.6 is 11.3 Å². The Morgan fingerprint density at radius 2 is 2.00 bits per heavy atom. The van der Waals surface area contributed by atoms with Crippen LogP contribution in [0.4, 0.5) is 10.8 Å². The smallest absolute Gasteiger partial charge is 0.282 e. The summed E-state index contributed by atoms with van der Waals surface area (Å²) in [6, 6.07) is 10.3. The van der Waals surface area contributed by atoms with Crippen LogP contribution in [0.2, 0.25) is 0 Å². The fourth-order valence-corrected chi connectivity index (χ4v) is 4.06. The van der Waals surface area contributed by atoms with Crippen LogP contribution < -0.4 is 14.5 Å². The number of nitro benzene ring substituents is 1. The average Bonchev–Trinajstić information content (AvgIpc) is 3.40. The Labute approximate surface area is 167 Å². The highest BCUT2D eigenvalue weighted by Crippen LogP contribution is 2.39. The van der Waals surface area contributed by atoms with Crippen molar-refractivity contribution >= 4 is 50.1 Å². The van der Waals surface area contributed by atoms with E-state index >= 15 is 0 Å². The molecule has 1 amide bonds. The van der Waals surface area contributed by atoms with Gasteiger partial charge in [0.1, 0.15) is 0 Å². The number of nitrogens with zero attached hydrogens (tertiary/aromatic N) is 4. The monoisotopic (exact) mass is 408 g/mol. The molecule has 0 spiro atoms. The molecule has 0 atom stereocenters. The molecule has 3 aromatic rings. The minimum atomic E-state index is -0.522. The fraction of sp³-hybridized carbons (Fsp3) is 0.105. The molecule has 0 saturated heterocycles. The van der Waals surface area contributed by atoms with Gasteiger partial charge in [0.15, 0.2) is 11.5 Å². The summed E-state index contributed by atoms with van der Waals surface area (Å²) in [6.45, 7) is 1.67. The number of anilines is 1. The quantitative estimate of drug-likeness (QED) is 0.371. The van der Waals surface area contributed by atoms with Gasteiger partial charge in [0.2, 0.25) is 11.9 Å². The molecule has 10 heteroatoms. The van der Waals surface area contributed by atoms with Crippen LogP contribution in [0.5, 0.6) is 11.5 Å². The summed E-state index contributed by atoms with van der Waals surface area (Å²) in [5.41, 5.74) is 1.54. The summed E-state index contributed by atoms with van der Waals surface area (Å²) in [5.74, 6) is 0.303. The zero-order valence-corrected chi connectivity index (χ0v) is 15.8. The number of benzene rings is 2. The van der Waals surface area contributed by atoms with Crippen LogP contribution in [-0.4, -0.2) is 28.3 Å². The molecule has 9 nitrogen and oxygen atoms in total. The molecule has 0 radical (unpaired) electrons. The van der Waals surface area contributed by atoms with Gasteiger partial charge in [-0.15, -0.1) is 0 Å². The van der Waals surface area contributed by atoms with Crippen molar-refractivity contribution in [2.45, 2.75) is 6.92 Å². The lowest BCUT2D eigenvalue weighted by atomic mass is 10.1. The van der Waals surface area contributed by atoms with Gasteiger partial charge in [-0.25, -0.2) is 4.98 Å². The second-order valence-electron chi connectivity index (χ2n) is 6.35. The van der Waals surface area contributed by atoms with E-state index in [1.165, 1.54) is 34.6 Å². The minimum absolute atomic E-state index is 0.00267.